The Labute approximate surface area is 102 Å². The number of nitrogens with zero attached hydrogens (tertiary/aromatic N) is 1. The summed E-state index contributed by atoms with van der Waals surface area (Å²) >= 11 is 0. The molecule has 1 atom stereocenters. The van der Waals surface area contributed by atoms with Crippen molar-refractivity contribution in [3.8, 4) is 11.5 Å². The van der Waals surface area contributed by atoms with Gasteiger partial charge >= 0.3 is 0 Å². The van der Waals surface area contributed by atoms with Crippen LogP contribution in [0, 0.1) is 5.41 Å². The maximum Gasteiger partial charge on any atom is 0.144 e. The van der Waals surface area contributed by atoms with E-state index in [2.05, 4.69) is 18.8 Å². The van der Waals surface area contributed by atoms with Crippen LogP contribution < -0.4 is 15.2 Å². The van der Waals surface area contributed by atoms with Gasteiger partial charge in [0.05, 0.1) is 26.6 Å². The molecule has 17 heavy (non-hydrogen) atoms. The maximum atomic E-state index is 5.99. The first-order chi connectivity index (χ1) is 8.02. The van der Waals surface area contributed by atoms with Crippen LogP contribution in [0.3, 0.4) is 0 Å². The van der Waals surface area contributed by atoms with Gasteiger partial charge in [-0.25, -0.2) is 0 Å². The average molecular weight is 236 g/mol. The monoisotopic (exact) mass is 236 g/mol. The van der Waals surface area contributed by atoms with Gasteiger partial charge in [-0.05, 0) is 11.8 Å². The molecule has 1 aromatic rings. The molecule has 0 radical (unpaired) electrons. The molecule has 0 saturated heterocycles. The van der Waals surface area contributed by atoms with Gasteiger partial charge in [-0.2, -0.15) is 0 Å². The van der Waals surface area contributed by atoms with Crippen molar-refractivity contribution >= 4 is 0 Å². The standard InChI is InChI=1S/C13H20N2O2/c1-12(2)7-13(12,8-14)11-9(16-3)5-15-6-10(11)17-4/h5-6H,7-8,14H2,1-4H3. The Kier molecular flexibility index (Phi) is 2.78. The molecule has 0 aromatic carbocycles. The smallest absolute Gasteiger partial charge is 0.144 e. The van der Waals surface area contributed by atoms with E-state index >= 15 is 0 Å². The van der Waals surface area contributed by atoms with Gasteiger partial charge in [0, 0.05) is 17.5 Å². The Balaban J connectivity index is 2.58. The molecule has 1 heterocycles. The summed E-state index contributed by atoms with van der Waals surface area (Å²) < 4.78 is 10.8. The Bertz CT molecular complexity index is 409. The summed E-state index contributed by atoms with van der Waals surface area (Å²) in [4.78, 5) is 4.12. The highest BCUT2D eigenvalue weighted by Gasteiger charge is 2.63. The number of nitrogens with two attached hydrogens (primary N) is 1. The molecular weight excluding hydrogens is 216 g/mol. The number of ether oxygens (including phenoxy) is 2. The van der Waals surface area contributed by atoms with Crippen molar-refractivity contribution in [2.24, 2.45) is 11.1 Å². The van der Waals surface area contributed by atoms with Crippen LogP contribution in [-0.4, -0.2) is 25.7 Å². The Morgan fingerprint density at radius 2 is 1.71 bits per heavy atom. The Morgan fingerprint density at radius 3 is 2.00 bits per heavy atom. The largest absolute Gasteiger partial charge is 0.495 e. The third kappa shape index (κ3) is 1.59. The van der Waals surface area contributed by atoms with Crippen LogP contribution in [0.2, 0.25) is 0 Å². The second-order valence-corrected chi connectivity index (χ2v) is 5.27. The highest BCUT2D eigenvalue weighted by atomic mass is 16.5. The molecule has 1 saturated carbocycles. The lowest BCUT2D eigenvalue weighted by Crippen LogP contribution is -2.26. The third-order valence-electron chi connectivity index (χ3n) is 4.06. The normalized spacial score (nSPS) is 25.5. The molecule has 4 heteroatoms. The highest BCUT2D eigenvalue weighted by Crippen LogP contribution is 2.66. The van der Waals surface area contributed by atoms with E-state index in [1.807, 2.05) is 0 Å². The van der Waals surface area contributed by atoms with Crippen LogP contribution in [0.4, 0.5) is 0 Å². The first kappa shape index (κ1) is 12.2. The first-order valence-corrected chi connectivity index (χ1v) is 5.79. The van der Waals surface area contributed by atoms with Crippen molar-refractivity contribution < 1.29 is 9.47 Å². The molecule has 1 aliphatic carbocycles. The molecule has 1 unspecified atom stereocenters. The maximum absolute atomic E-state index is 5.99. The zero-order valence-corrected chi connectivity index (χ0v) is 10.9. The van der Waals surface area contributed by atoms with Crippen LogP contribution in [0.5, 0.6) is 11.5 Å². The summed E-state index contributed by atoms with van der Waals surface area (Å²) in [5.41, 5.74) is 7.19. The van der Waals surface area contributed by atoms with Gasteiger partial charge in [0.1, 0.15) is 11.5 Å². The predicted molar refractivity (Wildman–Crippen MR) is 66.5 cm³/mol. The van der Waals surface area contributed by atoms with Crippen molar-refractivity contribution in [1.29, 1.82) is 0 Å². The predicted octanol–water partition coefficient (Wildman–Crippen LogP) is 1.73. The molecule has 1 aromatic heterocycles. The Hall–Kier alpha value is -1.29. The lowest BCUT2D eigenvalue weighted by atomic mass is 9.87. The van der Waals surface area contributed by atoms with Crippen molar-refractivity contribution in [3.63, 3.8) is 0 Å². The van der Waals surface area contributed by atoms with E-state index in [9.17, 15) is 0 Å². The first-order valence-electron chi connectivity index (χ1n) is 5.79. The summed E-state index contributed by atoms with van der Waals surface area (Å²) in [7, 11) is 3.30. The Morgan fingerprint density at radius 1 is 1.24 bits per heavy atom. The van der Waals surface area contributed by atoms with E-state index in [0.29, 0.717) is 6.54 Å². The zero-order chi connectivity index (χ0) is 12.7. The molecule has 4 nitrogen and oxygen atoms in total. The SMILES string of the molecule is COc1cncc(OC)c1C1(CN)CC1(C)C. The van der Waals surface area contributed by atoms with Crippen LogP contribution in [0.25, 0.3) is 0 Å². The quantitative estimate of drug-likeness (QED) is 0.865. The number of rotatable bonds is 4. The van der Waals surface area contributed by atoms with Gasteiger partial charge in [0.2, 0.25) is 0 Å². The van der Waals surface area contributed by atoms with E-state index in [0.717, 1.165) is 23.5 Å². The van der Waals surface area contributed by atoms with Crippen molar-refractivity contribution in [1.82, 2.24) is 4.98 Å². The average Bonchev–Trinajstić information content (AvgIpc) is 2.91. The lowest BCUT2D eigenvalue weighted by molar-refractivity contribution is 0.362. The van der Waals surface area contributed by atoms with Gasteiger partial charge < -0.3 is 15.2 Å². The number of aromatic nitrogens is 1. The summed E-state index contributed by atoms with van der Waals surface area (Å²) in [6, 6.07) is 0. The number of hydrogen-bond acceptors (Lipinski definition) is 4. The summed E-state index contributed by atoms with van der Waals surface area (Å²) in [5.74, 6) is 1.53. The second kappa shape index (κ2) is 3.88. The molecule has 0 aliphatic heterocycles. The van der Waals surface area contributed by atoms with E-state index in [1.54, 1.807) is 26.6 Å². The molecule has 0 spiro atoms. The highest BCUT2D eigenvalue weighted by molar-refractivity contribution is 5.53. The number of hydrogen-bond donors (Lipinski definition) is 1. The minimum atomic E-state index is -0.0490. The number of pyridine rings is 1. The van der Waals surface area contributed by atoms with Gasteiger partial charge in [0.25, 0.3) is 0 Å². The molecular formula is C13H20N2O2. The fourth-order valence-corrected chi connectivity index (χ4v) is 2.79. The van der Waals surface area contributed by atoms with E-state index in [4.69, 9.17) is 15.2 Å². The topological polar surface area (TPSA) is 57.4 Å². The van der Waals surface area contributed by atoms with Crippen LogP contribution >= 0.6 is 0 Å². The lowest BCUT2D eigenvalue weighted by Gasteiger charge is -2.23. The van der Waals surface area contributed by atoms with Gasteiger partial charge in [-0.15, -0.1) is 0 Å². The van der Waals surface area contributed by atoms with Crippen LogP contribution in [0.15, 0.2) is 12.4 Å². The fraction of sp³-hybridized carbons (Fsp3) is 0.615. The van der Waals surface area contributed by atoms with Crippen LogP contribution in [0.1, 0.15) is 25.8 Å². The van der Waals surface area contributed by atoms with E-state index in [-0.39, 0.29) is 10.8 Å². The van der Waals surface area contributed by atoms with Gasteiger partial charge in [-0.1, -0.05) is 13.8 Å². The molecule has 2 rings (SSSR count). The molecule has 1 fully saturated rings. The van der Waals surface area contributed by atoms with Crippen LogP contribution in [-0.2, 0) is 5.41 Å². The molecule has 1 aliphatic rings. The minimum absolute atomic E-state index is 0.0490. The number of methoxy groups -OCH3 is 2. The minimum Gasteiger partial charge on any atom is -0.495 e. The van der Waals surface area contributed by atoms with Crippen molar-refractivity contribution in [3.05, 3.63) is 18.0 Å². The molecule has 0 bridgehead atoms. The molecule has 0 amide bonds. The van der Waals surface area contributed by atoms with E-state index in [1.165, 1.54) is 0 Å². The van der Waals surface area contributed by atoms with Crippen molar-refractivity contribution in [2.45, 2.75) is 25.7 Å². The second-order valence-electron chi connectivity index (χ2n) is 5.27. The summed E-state index contributed by atoms with van der Waals surface area (Å²) in [6.07, 6.45) is 4.50. The van der Waals surface area contributed by atoms with Gasteiger partial charge in [-0.3, -0.25) is 4.98 Å². The molecule has 94 valence electrons. The van der Waals surface area contributed by atoms with E-state index < -0.39 is 0 Å². The summed E-state index contributed by atoms with van der Waals surface area (Å²) in [6.45, 7) is 5.04. The fourth-order valence-electron chi connectivity index (χ4n) is 2.79. The zero-order valence-electron chi connectivity index (χ0n) is 10.9. The summed E-state index contributed by atoms with van der Waals surface area (Å²) in [5, 5.41) is 0. The molecule has 2 N–H and O–H groups in total. The third-order valence-corrected chi connectivity index (χ3v) is 4.06. The van der Waals surface area contributed by atoms with Crippen molar-refractivity contribution in [2.75, 3.05) is 20.8 Å². The van der Waals surface area contributed by atoms with Gasteiger partial charge in [0.15, 0.2) is 0 Å².